The molecule has 0 aliphatic heterocycles. The van der Waals surface area contributed by atoms with Crippen LogP contribution in [0.2, 0.25) is 5.02 Å². The van der Waals surface area contributed by atoms with E-state index in [-0.39, 0.29) is 22.7 Å². The van der Waals surface area contributed by atoms with Gasteiger partial charge >= 0.3 is 12.0 Å². The maximum atomic E-state index is 11.7. The summed E-state index contributed by atoms with van der Waals surface area (Å²) < 4.78 is 0. The van der Waals surface area contributed by atoms with Gasteiger partial charge in [0.05, 0.1) is 16.3 Å². The van der Waals surface area contributed by atoms with Gasteiger partial charge in [-0.3, -0.25) is 0 Å². The molecule has 1 aliphatic rings. The van der Waals surface area contributed by atoms with Gasteiger partial charge < -0.3 is 15.7 Å². The number of hydrogen-bond acceptors (Lipinski definition) is 2. The third-order valence-electron chi connectivity index (χ3n) is 3.23. The second-order valence-corrected chi connectivity index (χ2v) is 5.02. The number of urea groups is 1. The summed E-state index contributed by atoms with van der Waals surface area (Å²) in [5.41, 5.74) is 0.488. The number of rotatable bonds is 4. The lowest BCUT2D eigenvalue weighted by atomic mass is 10.2. The Balaban J connectivity index is 1.95. The average Bonchev–Trinajstić information content (AvgIpc) is 3.09. The summed E-state index contributed by atoms with van der Waals surface area (Å²) >= 11 is 5.92. The van der Waals surface area contributed by atoms with E-state index in [1.54, 1.807) is 0 Å². The minimum absolute atomic E-state index is 0.0872. The van der Waals surface area contributed by atoms with Crippen LogP contribution in [0.25, 0.3) is 0 Å². The lowest BCUT2D eigenvalue weighted by Gasteiger charge is -2.09. The summed E-state index contributed by atoms with van der Waals surface area (Å²) in [5, 5.41) is 14.5. The van der Waals surface area contributed by atoms with Crippen LogP contribution in [0, 0.1) is 5.92 Å². The minimum atomic E-state index is -1.05. The lowest BCUT2D eigenvalue weighted by Crippen LogP contribution is -2.31. The summed E-state index contributed by atoms with van der Waals surface area (Å²) in [6, 6.07) is 4.12. The standard InChI is InChI=1S/C13H15ClN2O3/c1-2-7-6-11(7)16-13(19)15-10-4-3-8(12(17)18)5-9(10)14/h3-5,7,11H,2,6H2,1H3,(H,17,18)(H2,15,16,19). The largest absolute Gasteiger partial charge is 0.478 e. The van der Waals surface area contributed by atoms with Gasteiger partial charge in [0.1, 0.15) is 0 Å². The van der Waals surface area contributed by atoms with Crippen molar-refractivity contribution in [3.05, 3.63) is 28.8 Å². The van der Waals surface area contributed by atoms with E-state index in [1.165, 1.54) is 18.2 Å². The Morgan fingerprint density at radius 3 is 2.74 bits per heavy atom. The van der Waals surface area contributed by atoms with Gasteiger partial charge in [-0.2, -0.15) is 0 Å². The molecule has 0 heterocycles. The highest BCUT2D eigenvalue weighted by atomic mass is 35.5. The van der Waals surface area contributed by atoms with Gasteiger partial charge in [-0.05, 0) is 30.5 Å². The van der Waals surface area contributed by atoms with Crippen molar-refractivity contribution >= 4 is 29.3 Å². The van der Waals surface area contributed by atoms with Crippen LogP contribution in [-0.4, -0.2) is 23.1 Å². The number of carbonyl (C=O) groups is 2. The molecule has 5 nitrogen and oxygen atoms in total. The zero-order valence-corrected chi connectivity index (χ0v) is 11.2. The fraction of sp³-hybridized carbons (Fsp3) is 0.385. The van der Waals surface area contributed by atoms with E-state index in [2.05, 4.69) is 17.6 Å². The summed E-state index contributed by atoms with van der Waals surface area (Å²) in [6.45, 7) is 2.09. The number of amides is 2. The second kappa shape index (κ2) is 5.48. The lowest BCUT2D eigenvalue weighted by molar-refractivity contribution is 0.0697. The number of carbonyl (C=O) groups excluding carboxylic acids is 1. The van der Waals surface area contributed by atoms with Crippen LogP contribution in [-0.2, 0) is 0 Å². The van der Waals surface area contributed by atoms with Crippen LogP contribution < -0.4 is 10.6 Å². The van der Waals surface area contributed by atoms with Crippen molar-refractivity contribution in [1.29, 1.82) is 0 Å². The topological polar surface area (TPSA) is 78.4 Å². The number of carboxylic acid groups (broad SMARTS) is 1. The first-order valence-corrected chi connectivity index (χ1v) is 6.49. The first kappa shape index (κ1) is 13.7. The predicted molar refractivity (Wildman–Crippen MR) is 72.8 cm³/mol. The summed E-state index contributed by atoms with van der Waals surface area (Å²) in [5.74, 6) is -0.489. The molecule has 102 valence electrons. The highest BCUT2D eigenvalue weighted by Crippen LogP contribution is 2.33. The van der Waals surface area contributed by atoms with Crippen LogP contribution in [0.15, 0.2) is 18.2 Å². The van der Waals surface area contributed by atoms with Gasteiger partial charge in [-0.15, -0.1) is 0 Å². The molecular formula is C13H15ClN2O3. The number of halogens is 1. The molecular weight excluding hydrogens is 268 g/mol. The zero-order chi connectivity index (χ0) is 14.0. The second-order valence-electron chi connectivity index (χ2n) is 4.61. The van der Waals surface area contributed by atoms with Gasteiger partial charge in [0.15, 0.2) is 0 Å². The van der Waals surface area contributed by atoms with Crippen molar-refractivity contribution in [3.8, 4) is 0 Å². The van der Waals surface area contributed by atoms with E-state index in [9.17, 15) is 9.59 Å². The maximum absolute atomic E-state index is 11.7. The van der Waals surface area contributed by atoms with Crippen LogP contribution >= 0.6 is 11.6 Å². The molecule has 1 aromatic carbocycles. The van der Waals surface area contributed by atoms with Crippen molar-refractivity contribution in [1.82, 2.24) is 5.32 Å². The molecule has 0 bridgehead atoms. The first-order chi connectivity index (χ1) is 9.01. The Morgan fingerprint density at radius 2 is 2.21 bits per heavy atom. The summed E-state index contributed by atoms with van der Waals surface area (Å²) in [4.78, 5) is 22.4. The molecule has 2 amide bonds. The molecule has 1 saturated carbocycles. The number of aromatic carboxylic acids is 1. The maximum Gasteiger partial charge on any atom is 0.335 e. The normalized spacial score (nSPS) is 20.7. The predicted octanol–water partition coefficient (Wildman–Crippen LogP) is 2.96. The Kier molecular flexibility index (Phi) is 3.95. The number of hydrogen-bond donors (Lipinski definition) is 3. The summed E-state index contributed by atoms with van der Waals surface area (Å²) in [7, 11) is 0. The Hall–Kier alpha value is -1.75. The minimum Gasteiger partial charge on any atom is -0.478 e. The molecule has 1 fully saturated rings. The molecule has 1 aromatic rings. The molecule has 2 unspecified atom stereocenters. The molecule has 6 heteroatoms. The fourth-order valence-electron chi connectivity index (χ4n) is 1.95. The monoisotopic (exact) mass is 282 g/mol. The van der Waals surface area contributed by atoms with Gasteiger partial charge in [0.2, 0.25) is 0 Å². The van der Waals surface area contributed by atoms with E-state index >= 15 is 0 Å². The van der Waals surface area contributed by atoms with Crippen LogP contribution in [0.5, 0.6) is 0 Å². The first-order valence-electron chi connectivity index (χ1n) is 6.11. The zero-order valence-electron chi connectivity index (χ0n) is 10.4. The van der Waals surface area contributed by atoms with E-state index in [4.69, 9.17) is 16.7 Å². The molecule has 0 radical (unpaired) electrons. The molecule has 0 spiro atoms. The van der Waals surface area contributed by atoms with Gasteiger partial charge in [0, 0.05) is 6.04 Å². The van der Waals surface area contributed by atoms with Crippen LogP contribution in [0.3, 0.4) is 0 Å². The number of anilines is 1. The number of nitrogens with one attached hydrogen (secondary N) is 2. The van der Waals surface area contributed by atoms with Crippen molar-refractivity contribution in [2.75, 3.05) is 5.32 Å². The number of carboxylic acids is 1. The highest BCUT2D eigenvalue weighted by Gasteiger charge is 2.36. The molecule has 1 aliphatic carbocycles. The van der Waals surface area contributed by atoms with Crippen LogP contribution in [0.1, 0.15) is 30.1 Å². The SMILES string of the molecule is CCC1CC1NC(=O)Nc1ccc(C(=O)O)cc1Cl. The third-order valence-corrected chi connectivity index (χ3v) is 3.54. The molecule has 0 saturated heterocycles. The Bertz CT molecular complexity index is 519. The van der Waals surface area contributed by atoms with Crippen molar-refractivity contribution in [2.45, 2.75) is 25.8 Å². The smallest absolute Gasteiger partial charge is 0.335 e. The van der Waals surface area contributed by atoms with Gasteiger partial charge in [0.25, 0.3) is 0 Å². The van der Waals surface area contributed by atoms with E-state index in [1.807, 2.05) is 0 Å². The van der Waals surface area contributed by atoms with E-state index < -0.39 is 5.97 Å². The molecule has 2 rings (SSSR count). The van der Waals surface area contributed by atoms with Gasteiger partial charge in [-0.1, -0.05) is 24.9 Å². The van der Waals surface area contributed by atoms with Gasteiger partial charge in [-0.25, -0.2) is 9.59 Å². The van der Waals surface area contributed by atoms with Crippen LogP contribution in [0.4, 0.5) is 10.5 Å². The molecule has 19 heavy (non-hydrogen) atoms. The van der Waals surface area contributed by atoms with E-state index in [0.29, 0.717) is 11.6 Å². The third kappa shape index (κ3) is 3.38. The molecule has 3 N–H and O–H groups in total. The van der Waals surface area contributed by atoms with Crippen molar-refractivity contribution in [3.63, 3.8) is 0 Å². The summed E-state index contributed by atoms with van der Waals surface area (Å²) in [6.07, 6.45) is 2.06. The average molecular weight is 283 g/mol. The van der Waals surface area contributed by atoms with Crippen molar-refractivity contribution in [2.24, 2.45) is 5.92 Å². The fourth-order valence-corrected chi connectivity index (χ4v) is 2.18. The highest BCUT2D eigenvalue weighted by molar-refractivity contribution is 6.34. The quantitative estimate of drug-likeness (QED) is 0.794. The van der Waals surface area contributed by atoms with E-state index in [0.717, 1.165) is 12.8 Å². The number of benzene rings is 1. The Labute approximate surface area is 116 Å². The molecule has 0 aromatic heterocycles. The Morgan fingerprint density at radius 1 is 1.47 bits per heavy atom. The van der Waals surface area contributed by atoms with Crippen molar-refractivity contribution < 1.29 is 14.7 Å². The molecule has 2 atom stereocenters.